The number of hydrogen-bond donors (Lipinski definition) is 2. The number of carbonyl (C=O) groups excluding carboxylic acids is 3. The number of rotatable bonds is 8. The van der Waals surface area contributed by atoms with Gasteiger partial charge in [0.15, 0.2) is 0 Å². The first kappa shape index (κ1) is 21.9. The van der Waals surface area contributed by atoms with Crippen molar-refractivity contribution in [3.8, 4) is 0 Å². The van der Waals surface area contributed by atoms with Gasteiger partial charge in [-0.15, -0.1) is 0 Å². The minimum atomic E-state index is -0.141. The average molecular weight is 388 g/mol. The normalized spacial score (nSPS) is 16.7. The third-order valence-electron chi connectivity index (χ3n) is 4.99. The quantitative estimate of drug-likeness (QED) is 0.717. The maximum absolute atomic E-state index is 12.8. The second kappa shape index (κ2) is 10.8. The van der Waals surface area contributed by atoms with Gasteiger partial charge in [0.05, 0.1) is 5.92 Å². The molecule has 1 aromatic carbocycles. The number of piperidine rings is 1. The predicted octanol–water partition coefficient (Wildman–Crippen LogP) is 3.44. The Bertz CT molecular complexity index is 670. The molecule has 1 atom stereocenters. The van der Waals surface area contributed by atoms with Crippen molar-refractivity contribution in [3.05, 3.63) is 29.8 Å². The Morgan fingerprint density at radius 1 is 1.18 bits per heavy atom. The molecule has 0 bridgehead atoms. The van der Waals surface area contributed by atoms with E-state index in [9.17, 15) is 14.4 Å². The smallest absolute Gasteiger partial charge is 0.253 e. The summed E-state index contributed by atoms with van der Waals surface area (Å²) in [7, 11) is 0. The van der Waals surface area contributed by atoms with Crippen molar-refractivity contribution in [3.63, 3.8) is 0 Å². The summed E-state index contributed by atoms with van der Waals surface area (Å²) in [6.07, 6.45) is 3.89. The van der Waals surface area contributed by atoms with Gasteiger partial charge in [0, 0.05) is 37.3 Å². The van der Waals surface area contributed by atoms with E-state index in [0.29, 0.717) is 43.2 Å². The standard InChI is InChI=1S/C22H33N3O3/c1-4-6-20(26)24-19-10-8-17(9-11-19)22(28)25-14-5-7-18(15-25)21(27)23-13-12-16(2)3/h8-11,16,18H,4-7,12-15H2,1-3H3,(H,23,27)(H,24,26). The molecule has 0 saturated carbocycles. The third kappa shape index (κ3) is 6.66. The second-order valence-corrected chi connectivity index (χ2v) is 7.94. The number of carbonyl (C=O) groups is 3. The van der Waals surface area contributed by atoms with Crippen molar-refractivity contribution in [1.82, 2.24) is 10.2 Å². The first-order valence-corrected chi connectivity index (χ1v) is 10.4. The molecule has 1 saturated heterocycles. The molecule has 1 aliphatic rings. The van der Waals surface area contributed by atoms with Crippen LogP contribution in [0.1, 0.15) is 63.2 Å². The van der Waals surface area contributed by atoms with E-state index in [1.54, 1.807) is 29.2 Å². The molecule has 154 valence electrons. The van der Waals surface area contributed by atoms with Crippen molar-refractivity contribution in [2.24, 2.45) is 11.8 Å². The van der Waals surface area contributed by atoms with Gasteiger partial charge in [0.25, 0.3) is 5.91 Å². The van der Waals surface area contributed by atoms with Gasteiger partial charge in [-0.2, -0.15) is 0 Å². The van der Waals surface area contributed by atoms with Crippen LogP contribution in [0, 0.1) is 11.8 Å². The van der Waals surface area contributed by atoms with Crippen LogP contribution >= 0.6 is 0 Å². The molecule has 2 N–H and O–H groups in total. The molecular weight excluding hydrogens is 354 g/mol. The second-order valence-electron chi connectivity index (χ2n) is 7.94. The summed E-state index contributed by atoms with van der Waals surface area (Å²) in [5.41, 5.74) is 1.27. The number of hydrogen-bond acceptors (Lipinski definition) is 3. The first-order valence-electron chi connectivity index (χ1n) is 10.4. The van der Waals surface area contributed by atoms with Gasteiger partial charge in [0.2, 0.25) is 11.8 Å². The highest BCUT2D eigenvalue weighted by Crippen LogP contribution is 2.20. The van der Waals surface area contributed by atoms with Crippen LogP contribution in [0.15, 0.2) is 24.3 Å². The lowest BCUT2D eigenvalue weighted by atomic mass is 9.96. The SMILES string of the molecule is CCCC(=O)Nc1ccc(C(=O)N2CCCC(C(=O)NCCC(C)C)C2)cc1. The van der Waals surface area contributed by atoms with E-state index in [2.05, 4.69) is 24.5 Å². The van der Waals surface area contributed by atoms with Crippen LogP contribution in [0.4, 0.5) is 5.69 Å². The van der Waals surface area contributed by atoms with Gasteiger partial charge in [0.1, 0.15) is 0 Å². The predicted molar refractivity (Wildman–Crippen MR) is 111 cm³/mol. The van der Waals surface area contributed by atoms with E-state index < -0.39 is 0 Å². The zero-order valence-corrected chi connectivity index (χ0v) is 17.3. The van der Waals surface area contributed by atoms with E-state index in [1.807, 2.05) is 6.92 Å². The maximum Gasteiger partial charge on any atom is 0.253 e. The summed E-state index contributed by atoms with van der Waals surface area (Å²) in [6, 6.07) is 6.97. The number of nitrogens with zero attached hydrogens (tertiary/aromatic N) is 1. The molecule has 1 unspecified atom stereocenters. The molecule has 0 radical (unpaired) electrons. The molecule has 0 aromatic heterocycles. The Kier molecular flexibility index (Phi) is 8.48. The zero-order chi connectivity index (χ0) is 20.5. The van der Waals surface area contributed by atoms with E-state index in [4.69, 9.17) is 0 Å². The number of nitrogens with one attached hydrogen (secondary N) is 2. The molecule has 1 fully saturated rings. The molecular formula is C22H33N3O3. The fourth-order valence-corrected chi connectivity index (χ4v) is 3.33. The topological polar surface area (TPSA) is 78.5 Å². The minimum Gasteiger partial charge on any atom is -0.356 e. The molecule has 3 amide bonds. The maximum atomic E-state index is 12.8. The van der Waals surface area contributed by atoms with E-state index in [1.165, 1.54) is 0 Å². The van der Waals surface area contributed by atoms with Crippen molar-refractivity contribution in [2.75, 3.05) is 25.0 Å². The van der Waals surface area contributed by atoms with Crippen LogP contribution in [0.3, 0.4) is 0 Å². The molecule has 2 rings (SSSR count). The van der Waals surface area contributed by atoms with E-state index in [0.717, 1.165) is 25.7 Å². The van der Waals surface area contributed by atoms with Gasteiger partial charge in [-0.25, -0.2) is 0 Å². The molecule has 0 aliphatic carbocycles. The monoisotopic (exact) mass is 387 g/mol. The molecule has 1 aromatic rings. The van der Waals surface area contributed by atoms with Gasteiger partial charge >= 0.3 is 0 Å². The number of likely N-dealkylation sites (tertiary alicyclic amines) is 1. The van der Waals surface area contributed by atoms with Crippen LogP contribution in [0.2, 0.25) is 0 Å². The zero-order valence-electron chi connectivity index (χ0n) is 17.3. The van der Waals surface area contributed by atoms with Crippen molar-refractivity contribution < 1.29 is 14.4 Å². The summed E-state index contributed by atoms with van der Waals surface area (Å²) >= 11 is 0. The lowest BCUT2D eigenvalue weighted by Crippen LogP contribution is -2.45. The largest absolute Gasteiger partial charge is 0.356 e. The van der Waals surface area contributed by atoms with Crippen molar-refractivity contribution >= 4 is 23.4 Å². The summed E-state index contributed by atoms with van der Waals surface area (Å²) < 4.78 is 0. The van der Waals surface area contributed by atoms with Crippen LogP contribution < -0.4 is 10.6 Å². The summed E-state index contributed by atoms with van der Waals surface area (Å²) in [5, 5.41) is 5.82. The van der Waals surface area contributed by atoms with Gasteiger partial charge < -0.3 is 15.5 Å². The fraction of sp³-hybridized carbons (Fsp3) is 0.591. The van der Waals surface area contributed by atoms with Crippen LogP contribution in [0.5, 0.6) is 0 Å². The molecule has 1 heterocycles. The molecule has 6 nitrogen and oxygen atoms in total. The lowest BCUT2D eigenvalue weighted by molar-refractivity contribution is -0.126. The Labute approximate surface area is 168 Å². The number of amides is 3. The van der Waals surface area contributed by atoms with Crippen molar-refractivity contribution in [2.45, 2.75) is 52.9 Å². The summed E-state index contributed by atoms with van der Waals surface area (Å²) in [6.45, 7) is 8.04. The Hall–Kier alpha value is -2.37. The highest BCUT2D eigenvalue weighted by atomic mass is 16.2. The highest BCUT2D eigenvalue weighted by Gasteiger charge is 2.28. The van der Waals surface area contributed by atoms with E-state index in [-0.39, 0.29) is 23.6 Å². The van der Waals surface area contributed by atoms with Gasteiger partial charge in [-0.1, -0.05) is 20.8 Å². The minimum absolute atomic E-state index is 0.0241. The Morgan fingerprint density at radius 3 is 2.54 bits per heavy atom. The third-order valence-corrected chi connectivity index (χ3v) is 4.99. The molecule has 6 heteroatoms. The number of anilines is 1. The molecule has 0 spiro atoms. The van der Waals surface area contributed by atoms with E-state index >= 15 is 0 Å². The lowest BCUT2D eigenvalue weighted by Gasteiger charge is -2.32. The average Bonchev–Trinajstić information content (AvgIpc) is 2.68. The van der Waals surface area contributed by atoms with Crippen LogP contribution in [-0.2, 0) is 9.59 Å². The van der Waals surface area contributed by atoms with Crippen molar-refractivity contribution in [1.29, 1.82) is 0 Å². The number of benzene rings is 1. The Morgan fingerprint density at radius 2 is 1.89 bits per heavy atom. The molecule has 28 heavy (non-hydrogen) atoms. The van der Waals surface area contributed by atoms with Crippen LogP contribution in [0.25, 0.3) is 0 Å². The summed E-state index contributed by atoms with van der Waals surface area (Å²) in [5.74, 6) is 0.374. The summed E-state index contributed by atoms with van der Waals surface area (Å²) in [4.78, 5) is 38.6. The van der Waals surface area contributed by atoms with Crippen LogP contribution in [-0.4, -0.2) is 42.3 Å². The molecule has 1 aliphatic heterocycles. The highest BCUT2D eigenvalue weighted by molar-refractivity contribution is 5.96. The first-order chi connectivity index (χ1) is 13.4. The Balaban J connectivity index is 1.90. The fourth-order valence-electron chi connectivity index (χ4n) is 3.33. The van der Waals surface area contributed by atoms with Gasteiger partial charge in [-0.3, -0.25) is 14.4 Å². The van der Waals surface area contributed by atoms with Gasteiger partial charge in [-0.05, 0) is 55.9 Å².